The van der Waals surface area contributed by atoms with Crippen molar-refractivity contribution in [3.05, 3.63) is 34.7 Å². The molecule has 1 amide bonds. The normalized spacial score (nSPS) is 20.2. The van der Waals surface area contributed by atoms with E-state index in [0.717, 1.165) is 42.7 Å². The molecule has 0 radical (unpaired) electrons. The molecule has 0 atom stereocenters. The smallest absolute Gasteiger partial charge is 0.286 e. The Morgan fingerprint density at radius 1 is 1.24 bits per heavy atom. The molecule has 7 heteroatoms. The zero-order chi connectivity index (χ0) is 17.6. The lowest BCUT2D eigenvalue weighted by Gasteiger charge is -2.34. The summed E-state index contributed by atoms with van der Waals surface area (Å²) in [5, 5.41) is 9.79. The number of rotatable bonds is 5. The molecule has 134 valence electrons. The van der Waals surface area contributed by atoms with E-state index in [2.05, 4.69) is 14.8 Å². The summed E-state index contributed by atoms with van der Waals surface area (Å²) in [6.07, 6.45) is 1.88. The van der Waals surface area contributed by atoms with Crippen molar-refractivity contribution in [3.8, 4) is 5.75 Å². The van der Waals surface area contributed by atoms with Crippen LogP contribution in [0.2, 0.25) is 0 Å². The number of thioether (sulfide) groups is 1. The number of hydrogen-bond acceptors (Lipinski definition) is 6. The Hall–Kier alpha value is -1.83. The molecule has 1 saturated heterocycles. The largest absolute Gasteiger partial charge is 0.494 e. The molecule has 1 N–H and O–H groups in total. The Morgan fingerprint density at radius 3 is 2.60 bits per heavy atom. The molecule has 0 bridgehead atoms. The van der Waals surface area contributed by atoms with Gasteiger partial charge in [0, 0.05) is 32.7 Å². The van der Waals surface area contributed by atoms with Crippen LogP contribution in [0.3, 0.4) is 0 Å². The number of amidine groups is 1. The van der Waals surface area contributed by atoms with E-state index < -0.39 is 0 Å². The van der Waals surface area contributed by atoms with Crippen molar-refractivity contribution in [2.75, 3.05) is 45.9 Å². The van der Waals surface area contributed by atoms with Crippen molar-refractivity contribution in [3.63, 3.8) is 0 Å². The first-order chi connectivity index (χ1) is 12.2. The van der Waals surface area contributed by atoms with Gasteiger partial charge in [0.1, 0.15) is 5.75 Å². The number of nitrogens with zero attached hydrogens (tertiary/aromatic N) is 3. The molecule has 3 rings (SSSR count). The zero-order valence-corrected chi connectivity index (χ0v) is 15.2. The van der Waals surface area contributed by atoms with Crippen LogP contribution in [0.15, 0.2) is 34.2 Å². The third-order valence-electron chi connectivity index (χ3n) is 4.16. The predicted octanol–water partition coefficient (Wildman–Crippen LogP) is 1.67. The molecule has 0 saturated carbocycles. The molecule has 25 heavy (non-hydrogen) atoms. The number of piperazine rings is 1. The van der Waals surface area contributed by atoms with Gasteiger partial charge in [-0.05, 0) is 42.5 Å². The van der Waals surface area contributed by atoms with Crippen LogP contribution < -0.4 is 4.74 Å². The molecule has 1 fully saturated rings. The lowest BCUT2D eigenvalue weighted by Crippen LogP contribution is -2.48. The van der Waals surface area contributed by atoms with Crippen LogP contribution in [0, 0.1) is 0 Å². The molecule has 2 aliphatic rings. The number of aliphatic hydroxyl groups is 1. The molecular weight excluding hydrogens is 338 g/mol. The molecule has 6 nitrogen and oxygen atoms in total. The second-order valence-electron chi connectivity index (χ2n) is 5.86. The van der Waals surface area contributed by atoms with Gasteiger partial charge < -0.3 is 14.7 Å². The van der Waals surface area contributed by atoms with Gasteiger partial charge in [0.05, 0.1) is 18.1 Å². The number of aliphatic imine (C=N–C) groups is 1. The second kappa shape index (κ2) is 8.51. The zero-order valence-electron chi connectivity index (χ0n) is 14.4. The third-order valence-corrected chi connectivity index (χ3v) is 5.20. The van der Waals surface area contributed by atoms with E-state index in [0.29, 0.717) is 18.1 Å². The highest BCUT2D eigenvalue weighted by atomic mass is 32.2. The van der Waals surface area contributed by atoms with Crippen molar-refractivity contribution < 1.29 is 14.6 Å². The maximum absolute atomic E-state index is 12.2. The first-order valence-electron chi connectivity index (χ1n) is 8.53. The standard InChI is InChI=1S/C18H23N3O3S/c1-2-24-15-5-3-14(4-6-15)13-16-17(23)19-18(25-16)21-9-7-20(8-10-21)11-12-22/h3-6,13,22H,2,7-12H2,1H3/b16-13-. The van der Waals surface area contributed by atoms with Gasteiger partial charge in [-0.15, -0.1) is 0 Å². The number of hydrogen-bond donors (Lipinski definition) is 1. The number of carbonyl (C=O) groups is 1. The minimum atomic E-state index is -0.174. The van der Waals surface area contributed by atoms with Gasteiger partial charge in [0.15, 0.2) is 5.17 Å². The highest BCUT2D eigenvalue weighted by Crippen LogP contribution is 2.31. The van der Waals surface area contributed by atoms with Gasteiger partial charge in [-0.2, -0.15) is 4.99 Å². The van der Waals surface area contributed by atoms with Crippen LogP contribution in [-0.2, 0) is 4.79 Å². The van der Waals surface area contributed by atoms with Crippen molar-refractivity contribution in [2.45, 2.75) is 6.92 Å². The molecule has 0 spiro atoms. The van der Waals surface area contributed by atoms with Crippen LogP contribution in [-0.4, -0.2) is 71.9 Å². The topological polar surface area (TPSA) is 65.4 Å². The Morgan fingerprint density at radius 2 is 1.96 bits per heavy atom. The lowest BCUT2D eigenvalue weighted by molar-refractivity contribution is -0.113. The molecule has 0 aliphatic carbocycles. The molecule has 1 aromatic carbocycles. The van der Waals surface area contributed by atoms with Gasteiger partial charge in [-0.3, -0.25) is 9.69 Å². The van der Waals surface area contributed by atoms with Crippen LogP contribution in [0.5, 0.6) is 5.75 Å². The average Bonchev–Trinajstić information content (AvgIpc) is 2.98. The summed E-state index contributed by atoms with van der Waals surface area (Å²) in [6.45, 7) is 6.89. The molecule has 0 aromatic heterocycles. The summed E-state index contributed by atoms with van der Waals surface area (Å²) in [4.78, 5) is 21.4. The van der Waals surface area contributed by atoms with E-state index in [1.807, 2.05) is 37.3 Å². The van der Waals surface area contributed by atoms with Crippen molar-refractivity contribution >= 4 is 28.9 Å². The monoisotopic (exact) mass is 361 g/mol. The third kappa shape index (κ3) is 4.62. The fraction of sp³-hybridized carbons (Fsp3) is 0.444. The maximum Gasteiger partial charge on any atom is 0.286 e. The number of amides is 1. The van der Waals surface area contributed by atoms with E-state index in [1.165, 1.54) is 11.8 Å². The number of aliphatic hydroxyl groups excluding tert-OH is 1. The molecule has 1 aromatic rings. The van der Waals surface area contributed by atoms with Gasteiger partial charge in [-0.25, -0.2) is 0 Å². The van der Waals surface area contributed by atoms with Gasteiger partial charge in [0.25, 0.3) is 5.91 Å². The van der Waals surface area contributed by atoms with Crippen LogP contribution in [0.1, 0.15) is 12.5 Å². The minimum Gasteiger partial charge on any atom is -0.494 e. The summed E-state index contributed by atoms with van der Waals surface area (Å²) in [5.74, 6) is 0.652. The maximum atomic E-state index is 12.2. The molecule has 0 unspecified atom stereocenters. The average molecular weight is 361 g/mol. The van der Waals surface area contributed by atoms with E-state index in [-0.39, 0.29) is 12.5 Å². The number of carbonyl (C=O) groups excluding carboxylic acids is 1. The van der Waals surface area contributed by atoms with Crippen molar-refractivity contribution in [1.29, 1.82) is 0 Å². The Bertz CT molecular complexity index is 665. The Labute approximate surface area is 152 Å². The summed E-state index contributed by atoms with van der Waals surface area (Å²) in [6, 6.07) is 7.69. The number of β-amino-alcohol motifs (C(OH)–C–C–N with tert-alkyl or cyclic N) is 1. The SMILES string of the molecule is CCOc1ccc(/C=C2\SC(N3CCN(CCO)CC3)=NC2=O)cc1. The molecule has 2 aliphatic heterocycles. The predicted molar refractivity (Wildman–Crippen MR) is 101 cm³/mol. The summed E-state index contributed by atoms with van der Waals surface area (Å²) >= 11 is 1.44. The molecular formula is C18H23N3O3S. The van der Waals surface area contributed by atoms with E-state index in [1.54, 1.807) is 0 Å². The minimum absolute atomic E-state index is 0.174. The van der Waals surface area contributed by atoms with Gasteiger partial charge in [0.2, 0.25) is 0 Å². The van der Waals surface area contributed by atoms with Crippen molar-refractivity contribution in [2.24, 2.45) is 4.99 Å². The summed E-state index contributed by atoms with van der Waals surface area (Å²) in [5.41, 5.74) is 0.962. The fourth-order valence-electron chi connectivity index (χ4n) is 2.82. The van der Waals surface area contributed by atoms with Crippen LogP contribution in [0.25, 0.3) is 6.08 Å². The summed E-state index contributed by atoms with van der Waals surface area (Å²) < 4.78 is 5.43. The van der Waals surface area contributed by atoms with Gasteiger partial charge >= 0.3 is 0 Å². The Kier molecular flexibility index (Phi) is 6.12. The van der Waals surface area contributed by atoms with E-state index >= 15 is 0 Å². The Balaban J connectivity index is 1.60. The fourth-order valence-corrected chi connectivity index (χ4v) is 3.78. The summed E-state index contributed by atoms with van der Waals surface area (Å²) in [7, 11) is 0. The first kappa shape index (κ1) is 18.0. The lowest BCUT2D eigenvalue weighted by atomic mass is 10.2. The highest BCUT2D eigenvalue weighted by Gasteiger charge is 2.28. The first-order valence-corrected chi connectivity index (χ1v) is 9.35. The van der Waals surface area contributed by atoms with E-state index in [9.17, 15) is 4.79 Å². The quantitative estimate of drug-likeness (QED) is 0.805. The number of ether oxygens (including phenoxy) is 1. The second-order valence-corrected chi connectivity index (χ2v) is 6.87. The van der Waals surface area contributed by atoms with Crippen molar-refractivity contribution in [1.82, 2.24) is 9.80 Å². The van der Waals surface area contributed by atoms with Crippen LogP contribution >= 0.6 is 11.8 Å². The van der Waals surface area contributed by atoms with E-state index in [4.69, 9.17) is 9.84 Å². The number of benzene rings is 1. The van der Waals surface area contributed by atoms with Gasteiger partial charge in [-0.1, -0.05) is 12.1 Å². The van der Waals surface area contributed by atoms with Crippen LogP contribution in [0.4, 0.5) is 0 Å². The molecule has 2 heterocycles. The highest BCUT2D eigenvalue weighted by molar-refractivity contribution is 8.18.